The predicted octanol–water partition coefficient (Wildman–Crippen LogP) is 5.52. The molecule has 0 unspecified atom stereocenters. The number of hydrogen-bond acceptors (Lipinski definition) is 4. The van der Waals surface area contributed by atoms with E-state index in [1.165, 1.54) is 29.6 Å². The van der Waals surface area contributed by atoms with Gasteiger partial charge in [-0.2, -0.15) is 4.31 Å². The Morgan fingerprint density at radius 3 is 2.61 bits per heavy atom. The van der Waals surface area contributed by atoms with Crippen molar-refractivity contribution in [3.8, 4) is 5.75 Å². The van der Waals surface area contributed by atoms with E-state index in [-0.39, 0.29) is 22.4 Å². The van der Waals surface area contributed by atoms with Crippen molar-refractivity contribution in [1.82, 2.24) is 8.87 Å². The van der Waals surface area contributed by atoms with Crippen molar-refractivity contribution in [2.24, 2.45) is 5.92 Å². The molecule has 36 heavy (non-hydrogen) atoms. The van der Waals surface area contributed by atoms with Crippen LogP contribution in [0.3, 0.4) is 0 Å². The number of sulfonamides is 1. The second-order valence-electron chi connectivity index (χ2n) is 8.98. The summed E-state index contributed by atoms with van der Waals surface area (Å²) in [4.78, 5) is 13.3. The third-order valence-corrected chi connectivity index (χ3v) is 9.03. The lowest BCUT2D eigenvalue weighted by atomic mass is 9.98. The predicted molar refractivity (Wildman–Crippen MR) is 143 cm³/mol. The van der Waals surface area contributed by atoms with Crippen LogP contribution < -0.4 is 10.1 Å². The first-order chi connectivity index (χ1) is 17.3. The van der Waals surface area contributed by atoms with Gasteiger partial charge in [0.25, 0.3) is 0 Å². The van der Waals surface area contributed by atoms with E-state index >= 15 is 0 Å². The largest absolute Gasteiger partial charge is 0.495 e. The Bertz CT molecular complexity index is 1560. The summed E-state index contributed by atoms with van der Waals surface area (Å²) < 4.78 is 35.3. The highest BCUT2D eigenvalue weighted by atomic mass is 35.5. The van der Waals surface area contributed by atoms with Crippen molar-refractivity contribution in [3.63, 3.8) is 0 Å². The van der Waals surface area contributed by atoms with E-state index in [2.05, 4.69) is 28.9 Å². The molecule has 0 radical (unpaired) electrons. The summed E-state index contributed by atoms with van der Waals surface area (Å²) in [5, 5.41) is 5.47. The molecule has 1 aliphatic heterocycles. The molecule has 3 aromatic carbocycles. The number of carbonyl (C=O) groups is 1. The number of methoxy groups -OCH3 is 1. The molecule has 9 heteroatoms. The zero-order valence-corrected chi connectivity index (χ0v) is 21.8. The highest BCUT2D eigenvalue weighted by Gasteiger charge is 2.33. The number of piperidine rings is 1. The van der Waals surface area contributed by atoms with Gasteiger partial charge in [0.05, 0.1) is 22.9 Å². The molecule has 1 aromatic heterocycles. The summed E-state index contributed by atoms with van der Waals surface area (Å²) in [6.45, 7) is 3.44. The lowest BCUT2D eigenvalue weighted by Crippen LogP contribution is -2.43. The number of anilines is 1. The Labute approximate surface area is 215 Å². The minimum Gasteiger partial charge on any atom is -0.495 e. The number of rotatable bonds is 6. The fraction of sp³-hybridized carbons (Fsp3) is 0.296. The molecule has 1 atom stereocenters. The summed E-state index contributed by atoms with van der Waals surface area (Å²) in [6, 6.07) is 18.6. The Balaban J connectivity index is 1.36. The third-order valence-electron chi connectivity index (χ3n) is 6.87. The van der Waals surface area contributed by atoms with Gasteiger partial charge in [0, 0.05) is 47.1 Å². The van der Waals surface area contributed by atoms with Gasteiger partial charge in [-0.15, -0.1) is 0 Å². The van der Waals surface area contributed by atoms with Gasteiger partial charge in [-0.05, 0) is 62.2 Å². The number of nitrogens with zero attached hydrogens (tertiary/aromatic N) is 2. The van der Waals surface area contributed by atoms with E-state index in [1.54, 1.807) is 0 Å². The van der Waals surface area contributed by atoms with E-state index in [0.29, 0.717) is 30.8 Å². The maximum absolute atomic E-state index is 13.3. The van der Waals surface area contributed by atoms with Crippen LogP contribution in [0.5, 0.6) is 5.75 Å². The first-order valence-electron chi connectivity index (χ1n) is 12.0. The van der Waals surface area contributed by atoms with E-state index in [4.69, 9.17) is 16.3 Å². The summed E-state index contributed by atoms with van der Waals surface area (Å²) in [6.07, 6.45) is 1.23. The maximum Gasteiger partial charge on any atom is 0.243 e. The average Bonchev–Trinajstić information content (AvgIpc) is 3.21. The van der Waals surface area contributed by atoms with Crippen LogP contribution in [0.4, 0.5) is 5.69 Å². The van der Waals surface area contributed by atoms with Crippen LogP contribution in [0, 0.1) is 5.92 Å². The molecule has 1 amide bonds. The monoisotopic (exact) mass is 525 g/mol. The molecule has 7 nitrogen and oxygen atoms in total. The fourth-order valence-corrected chi connectivity index (χ4v) is 6.92. The SMILES string of the molecule is CCn1c2ccccc2c2cc(NC(=O)[C@H]3CCCN(S(=O)(=O)c4ccc(OC)c(Cl)c4)C3)ccc21. The van der Waals surface area contributed by atoms with Crippen molar-refractivity contribution in [2.45, 2.75) is 31.2 Å². The first-order valence-corrected chi connectivity index (χ1v) is 13.8. The van der Waals surface area contributed by atoms with Gasteiger partial charge in [-0.3, -0.25) is 4.79 Å². The topological polar surface area (TPSA) is 80.6 Å². The second kappa shape index (κ2) is 9.76. The van der Waals surface area contributed by atoms with Crippen LogP contribution in [0.2, 0.25) is 5.02 Å². The van der Waals surface area contributed by atoms with Gasteiger partial charge in [-0.25, -0.2) is 8.42 Å². The molecule has 1 aliphatic rings. The lowest BCUT2D eigenvalue weighted by Gasteiger charge is -2.31. The number of ether oxygens (including phenoxy) is 1. The highest BCUT2D eigenvalue weighted by Crippen LogP contribution is 2.33. The highest BCUT2D eigenvalue weighted by molar-refractivity contribution is 7.89. The molecule has 0 spiro atoms. The first kappa shape index (κ1) is 24.6. The van der Waals surface area contributed by atoms with Crippen LogP contribution >= 0.6 is 11.6 Å². The Kier molecular flexibility index (Phi) is 6.68. The van der Waals surface area contributed by atoms with Gasteiger partial charge in [0.15, 0.2) is 0 Å². The van der Waals surface area contributed by atoms with Crippen LogP contribution in [0.1, 0.15) is 19.8 Å². The Morgan fingerprint density at radius 2 is 1.86 bits per heavy atom. The van der Waals surface area contributed by atoms with Gasteiger partial charge in [0.2, 0.25) is 15.9 Å². The molecule has 2 heterocycles. The zero-order chi connectivity index (χ0) is 25.4. The fourth-order valence-electron chi connectivity index (χ4n) is 5.05. The van der Waals surface area contributed by atoms with E-state index < -0.39 is 15.9 Å². The van der Waals surface area contributed by atoms with E-state index in [0.717, 1.165) is 28.4 Å². The average molecular weight is 526 g/mol. The number of halogens is 1. The van der Waals surface area contributed by atoms with Gasteiger partial charge < -0.3 is 14.6 Å². The molecule has 188 valence electrons. The number of para-hydroxylation sites is 1. The zero-order valence-electron chi connectivity index (χ0n) is 20.2. The summed E-state index contributed by atoms with van der Waals surface area (Å²) in [7, 11) is -2.32. The minimum absolute atomic E-state index is 0.0899. The number of amides is 1. The summed E-state index contributed by atoms with van der Waals surface area (Å²) in [5.41, 5.74) is 2.98. The summed E-state index contributed by atoms with van der Waals surface area (Å²) >= 11 is 6.16. The number of hydrogen-bond donors (Lipinski definition) is 1. The van der Waals surface area contributed by atoms with Gasteiger partial charge in [-0.1, -0.05) is 29.8 Å². The van der Waals surface area contributed by atoms with Gasteiger partial charge in [0.1, 0.15) is 5.75 Å². The number of nitrogens with one attached hydrogen (secondary N) is 1. The number of aryl methyl sites for hydroxylation is 1. The molecule has 0 aliphatic carbocycles. The molecule has 4 aromatic rings. The standard InChI is InChI=1S/C27H28ClN3O4S/c1-3-31-24-9-5-4-8-21(24)22-15-19(10-12-25(22)31)29-27(32)18-7-6-14-30(17-18)36(33,34)20-11-13-26(35-2)23(28)16-20/h4-5,8-13,15-16,18H,3,6-7,14,17H2,1-2H3,(H,29,32)/t18-/m0/s1. The van der Waals surface area contributed by atoms with Gasteiger partial charge >= 0.3 is 0 Å². The second-order valence-corrected chi connectivity index (χ2v) is 11.3. The van der Waals surface area contributed by atoms with Crippen molar-refractivity contribution in [2.75, 3.05) is 25.5 Å². The smallest absolute Gasteiger partial charge is 0.243 e. The van der Waals surface area contributed by atoms with Crippen LogP contribution in [-0.4, -0.2) is 43.4 Å². The normalized spacial score (nSPS) is 16.9. The molecule has 0 saturated carbocycles. The number of carbonyl (C=O) groups excluding carboxylic acids is 1. The molecular weight excluding hydrogens is 498 g/mol. The molecule has 1 saturated heterocycles. The molecular formula is C27H28ClN3O4S. The third kappa shape index (κ3) is 4.34. The lowest BCUT2D eigenvalue weighted by molar-refractivity contribution is -0.120. The molecule has 5 rings (SSSR count). The number of benzene rings is 3. The van der Waals surface area contributed by atoms with Crippen molar-refractivity contribution in [1.29, 1.82) is 0 Å². The maximum atomic E-state index is 13.3. The van der Waals surface area contributed by atoms with Crippen LogP contribution in [0.25, 0.3) is 21.8 Å². The van der Waals surface area contributed by atoms with Crippen molar-refractivity contribution >= 4 is 55.0 Å². The molecule has 0 bridgehead atoms. The van der Waals surface area contributed by atoms with E-state index in [1.807, 2.05) is 30.3 Å². The van der Waals surface area contributed by atoms with Crippen LogP contribution in [0.15, 0.2) is 65.6 Å². The van der Waals surface area contributed by atoms with Crippen molar-refractivity contribution in [3.05, 3.63) is 65.7 Å². The number of fused-ring (bicyclic) bond motifs is 3. The molecule has 1 N–H and O–H groups in total. The minimum atomic E-state index is -3.79. The van der Waals surface area contributed by atoms with Crippen molar-refractivity contribution < 1.29 is 17.9 Å². The molecule has 1 fully saturated rings. The Morgan fingerprint density at radius 1 is 1.08 bits per heavy atom. The van der Waals surface area contributed by atoms with E-state index in [9.17, 15) is 13.2 Å². The number of aromatic nitrogens is 1. The van der Waals surface area contributed by atoms with Crippen LogP contribution in [-0.2, 0) is 21.4 Å². The summed E-state index contributed by atoms with van der Waals surface area (Å²) in [5.74, 6) is -0.221. The Hall–Kier alpha value is -3.07. The quantitative estimate of drug-likeness (QED) is 0.359.